The Bertz CT molecular complexity index is 1650. The molecule has 0 saturated carbocycles. The zero-order valence-electron chi connectivity index (χ0n) is 27.9. The third-order valence-corrected chi connectivity index (χ3v) is 9.26. The van der Waals surface area contributed by atoms with Crippen LogP contribution in [0.25, 0.3) is 10.9 Å². The number of para-hydroxylation sites is 1. The molecule has 2 aromatic rings. The molecule has 46 heavy (non-hydrogen) atoms. The highest BCUT2D eigenvalue weighted by Crippen LogP contribution is 2.42. The maximum absolute atomic E-state index is 14.0. The molecule has 5 unspecified atom stereocenters. The van der Waals surface area contributed by atoms with Gasteiger partial charge in [0.2, 0.25) is 10.0 Å². The first-order valence-corrected chi connectivity index (χ1v) is 17.5. The second kappa shape index (κ2) is 13.4. The Morgan fingerprint density at radius 2 is 1.89 bits per heavy atom. The van der Waals surface area contributed by atoms with Gasteiger partial charge in [0, 0.05) is 43.6 Å². The van der Waals surface area contributed by atoms with Gasteiger partial charge in [-0.05, 0) is 23.5 Å². The Kier molecular flexibility index (Phi) is 9.85. The van der Waals surface area contributed by atoms with E-state index in [0.717, 1.165) is 30.2 Å². The van der Waals surface area contributed by atoms with Gasteiger partial charge >= 0.3 is 0 Å². The van der Waals surface area contributed by atoms with E-state index in [1.54, 1.807) is 0 Å². The normalized spacial score (nSPS) is 26.2. The van der Waals surface area contributed by atoms with Gasteiger partial charge in [-0.2, -0.15) is 0 Å². The number of allylic oxidation sites excluding steroid dienone is 2. The first-order valence-electron chi connectivity index (χ1n) is 15.6. The molecular formula is C32H47N7O6S. The van der Waals surface area contributed by atoms with Crippen molar-refractivity contribution in [1.82, 2.24) is 30.4 Å². The lowest BCUT2D eigenvalue weighted by molar-refractivity contribution is -0.00798. The van der Waals surface area contributed by atoms with E-state index in [1.807, 2.05) is 62.0 Å². The molecule has 252 valence electrons. The molecule has 0 radical (unpaired) electrons. The fourth-order valence-electron chi connectivity index (χ4n) is 6.34. The van der Waals surface area contributed by atoms with Crippen molar-refractivity contribution < 1.29 is 27.4 Å². The standard InChI is InChI=1S/C32H47N7O6S/c1-19-18-33-31(36-39-12-14-44-15-13-39)35-30(19)45-25-11-9-10-21-16-24(38(6)27(21)25)29(40)34-26-20(2)22(32(3,4)5)17-23(28(26)43-7)37-46(8,41)42/h9-11,16-20,22,30-31,35-37H,12-15H2,1-8H3,(H,34,40). The second-order valence-electron chi connectivity index (χ2n) is 13.3. The predicted octanol–water partition coefficient (Wildman–Crippen LogP) is 2.65. The number of aryl methyl sites for hydroxylation is 1. The van der Waals surface area contributed by atoms with E-state index in [2.05, 4.69) is 51.6 Å². The minimum atomic E-state index is -3.60. The van der Waals surface area contributed by atoms with Gasteiger partial charge in [-0.3, -0.25) is 14.5 Å². The largest absolute Gasteiger partial charge is 0.493 e. The van der Waals surface area contributed by atoms with Crippen molar-refractivity contribution in [3.05, 3.63) is 53.2 Å². The Balaban J connectivity index is 1.41. The lowest BCUT2D eigenvalue weighted by Gasteiger charge is -2.39. The molecule has 1 aromatic carbocycles. The van der Waals surface area contributed by atoms with Gasteiger partial charge < -0.3 is 24.1 Å². The average Bonchev–Trinajstić information content (AvgIpc) is 3.33. The SMILES string of the molecule is COC1=C(NC(=O)c2cc3cccc(OC4NC(NN5CCOCC5)N=CC4C)c3n2C)C(C)C(C(C)(C)C)C=C1NS(C)(=O)=O. The smallest absolute Gasteiger partial charge is 0.272 e. The monoisotopic (exact) mass is 657 g/mol. The van der Waals surface area contributed by atoms with Crippen LogP contribution in [0.2, 0.25) is 0 Å². The van der Waals surface area contributed by atoms with Crippen LogP contribution in [0.3, 0.4) is 0 Å². The number of hydrogen-bond acceptors (Lipinski definition) is 10. The molecule has 0 bridgehead atoms. The number of fused-ring (bicyclic) bond motifs is 1. The summed E-state index contributed by atoms with van der Waals surface area (Å²) >= 11 is 0. The van der Waals surface area contributed by atoms with E-state index >= 15 is 0 Å². The van der Waals surface area contributed by atoms with E-state index in [9.17, 15) is 13.2 Å². The number of carbonyl (C=O) groups excluding carboxylic acids is 1. The summed E-state index contributed by atoms with van der Waals surface area (Å²) in [4.78, 5) is 18.6. The van der Waals surface area contributed by atoms with E-state index in [4.69, 9.17) is 14.2 Å². The Hall–Kier alpha value is -3.43. The maximum Gasteiger partial charge on any atom is 0.272 e. The molecule has 3 aliphatic rings. The maximum atomic E-state index is 14.0. The first-order chi connectivity index (χ1) is 21.7. The number of sulfonamides is 1. The number of rotatable bonds is 9. The Labute approximate surface area is 271 Å². The van der Waals surface area contributed by atoms with Gasteiger partial charge in [0.1, 0.15) is 11.4 Å². The van der Waals surface area contributed by atoms with Crippen LogP contribution in [-0.2, 0) is 26.5 Å². The van der Waals surface area contributed by atoms with E-state index in [-0.39, 0.29) is 47.4 Å². The fraction of sp³-hybridized carbons (Fsp3) is 0.562. The summed E-state index contributed by atoms with van der Waals surface area (Å²) in [5.74, 6) is 0.300. The molecular weight excluding hydrogens is 610 g/mol. The lowest BCUT2D eigenvalue weighted by atomic mass is 9.70. The van der Waals surface area contributed by atoms with Crippen molar-refractivity contribution >= 4 is 33.0 Å². The molecule has 3 heterocycles. The van der Waals surface area contributed by atoms with E-state index in [0.29, 0.717) is 36.1 Å². The predicted molar refractivity (Wildman–Crippen MR) is 177 cm³/mol. The molecule has 1 aromatic heterocycles. The minimum absolute atomic E-state index is 0.00761. The summed E-state index contributed by atoms with van der Waals surface area (Å²) in [5, 5.41) is 9.46. The average molecular weight is 658 g/mol. The van der Waals surface area contributed by atoms with Gasteiger partial charge in [-0.1, -0.05) is 52.8 Å². The van der Waals surface area contributed by atoms with Crippen LogP contribution in [0.4, 0.5) is 0 Å². The molecule has 1 saturated heterocycles. The molecule has 0 spiro atoms. The molecule has 4 N–H and O–H groups in total. The summed E-state index contributed by atoms with van der Waals surface area (Å²) in [7, 11) is -0.303. The number of hydrazine groups is 1. The molecule has 14 heteroatoms. The molecule has 2 aliphatic heterocycles. The summed E-state index contributed by atoms with van der Waals surface area (Å²) < 4.78 is 46.6. The first kappa shape index (κ1) is 33.9. The molecule has 1 amide bonds. The molecule has 13 nitrogen and oxygen atoms in total. The number of methoxy groups -OCH3 is 1. The van der Waals surface area contributed by atoms with Crippen molar-refractivity contribution in [3.63, 3.8) is 0 Å². The second-order valence-corrected chi connectivity index (χ2v) is 15.1. The van der Waals surface area contributed by atoms with E-state index < -0.39 is 10.0 Å². The number of benzene rings is 1. The highest BCUT2D eigenvalue weighted by atomic mass is 32.2. The van der Waals surface area contributed by atoms with E-state index in [1.165, 1.54) is 7.11 Å². The summed E-state index contributed by atoms with van der Waals surface area (Å²) in [5.41, 5.74) is 5.17. The molecule has 1 fully saturated rings. The number of amides is 1. The van der Waals surface area contributed by atoms with Crippen molar-refractivity contribution in [1.29, 1.82) is 0 Å². The van der Waals surface area contributed by atoms with Crippen LogP contribution in [0.1, 0.15) is 45.1 Å². The van der Waals surface area contributed by atoms with Crippen LogP contribution in [0.5, 0.6) is 5.75 Å². The number of aromatic nitrogens is 1. The van der Waals surface area contributed by atoms with Gasteiger partial charge in [0.15, 0.2) is 18.3 Å². The third kappa shape index (κ3) is 7.41. The highest BCUT2D eigenvalue weighted by Gasteiger charge is 2.38. The van der Waals surface area contributed by atoms with Crippen LogP contribution >= 0.6 is 0 Å². The van der Waals surface area contributed by atoms with Crippen molar-refractivity contribution in [2.45, 2.75) is 47.1 Å². The molecule has 5 atom stereocenters. The summed E-state index contributed by atoms with van der Waals surface area (Å²) in [6.45, 7) is 13.2. The zero-order valence-corrected chi connectivity index (χ0v) is 28.7. The Morgan fingerprint density at radius 1 is 1.17 bits per heavy atom. The number of ether oxygens (including phenoxy) is 3. The van der Waals surface area contributed by atoms with Gasteiger partial charge in [0.25, 0.3) is 5.91 Å². The molecule has 1 aliphatic carbocycles. The fourth-order valence-corrected chi connectivity index (χ4v) is 6.90. The van der Waals surface area contributed by atoms with Crippen LogP contribution in [0, 0.1) is 23.2 Å². The number of carbonyl (C=O) groups is 1. The van der Waals surface area contributed by atoms with Gasteiger partial charge in [0.05, 0.1) is 43.5 Å². The van der Waals surface area contributed by atoms with Gasteiger partial charge in [-0.25, -0.2) is 24.2 Å². The van der Waals surface area contributed by atoms with Crippen molar-refractivity contribution in [3.8, 4) is 5.75 Å². The Morgan fingerprint density at radius 3 is 2.54 bits per heavy atom. The number of nitrogens with one attached hydrogen (secondary N) is 4. The number of hydrogen-bond donors (Lipinski definition) is 4. The minimum Gasteiger partial charge on any atom is -0.493 e. The van der Waals surface area contributed by atoms with Crippen LogP contribution < -0.4 is 25.5 Å². The number of aliphatic imine (C=N–C) groups is 1. The topological polar surface area (TPSA) is 148 Å². The summed E-state index contributed by atoms with van der Waals surface area (Å²) in [6, 6.07) is 7.57. The summed E-state index contributed by atoms with van der Waals surface area (Å²) in [6.07, 6.45) is 4.15. The van der Waals surface area contributed by atoms with Crippen LogP contribution in [-0.4, -0.2) is 82.3 Å². The number of nitrogens with zero attached hydrogens (tertiary/aromatic N) is 3. The van der Waals surface area contributed by atoms with Crippen molar-refractivity contribution in [2.75, 3.05) is 39.7 Å². The third-order valence-electron chi connectivity index (χ3n) is 8.67. The highest BCUT2D eigenvalue weighted by molar-refractivity contribution is 7.88. The molecule has 5 rings (SSSR count). The zero-order chi connectivity index (χ0) is 33.4. The van der Waals surface area contributed by atoms with Crippen LogP contribution in [0.15, 0.2) is 52.5 Å². The lowest BCUT2D eigenvalue weighted by Crippen LogP contribution is -2.60. The number of morpholine rings is 1. The van der Waals surface area contributed by atoms with Crippen molar-refractivity contribution in [2.24, 2.45) is 35.2 Å². The van der Waals surface area contributed by atoms with Gasteiger partial charge in [-0.15, -0.1) is 0 Å². The quantitative estimate of drug-likeness (QED) is 0.320.